The predicted molar refractivity (Wildman–Crippen MR) is 135 cm³/mol. The molecular weight excluding hydrogens is 469 g/mol. The first-order valence-electron chi connectivity index (χ1n) is 12.0. The van der Waals surface area contributed by atoms with E-state index in [-0.39, 0.29) is 24.2 Å². The predicted octanol–water partition coefficient (Wildman–Crippen LogP) is 3.77. The van der Waals surface area contributed by atoms with Crippen LogP contribution in [-0.4, -0.2) is 50.0 Å². The van der Waals surface area contributed by atoms with E-state index in [0.29, 0.717) is 6.42 Å². The highest BCUT2D eigenvalue weighted by molar-refractivity contribution is 7.92. The van der Waals surface area contributed by atoms with Crippen LogP contribution in [0, 0.1) is 12.7 Å². The number of nitrogens with one attached hydrogen (secondary N) is 1. The molecular formula is C26H34FN3O4S. The normalized spacial score (nSPS) is 15.0. The van der Waals surface area contributed by atoms with Crippen LogP contribution in [0.1, 0.15) is 50.2 Å². The fourth-order valence-electron chi connectivity index (χ4n) is 4.43. The van der Waals surface area contributed by atoms with E-state index in [1.807, 2.05) is 38.1 Å². The van der Waals surface area contributed by atoms with E-state index < -0.39 is 34.3 Å². The van der Waals surface area contributed by atoms with E-state index in [2.05, 4.69) is 5.32 Å². The van der Waals surface area contributed by atoms with E-state index in [4.69, 9.17) is 0 Å². The molecule has 2 amide bonds. The van der Waals surface area contributed by atoms with Crippen LogP contribution < -0.4 is 9.62 Å². The largest absolute Gasteiger partial charge is 0.352 e. The number of carbonyl (C=O) groups excluding carboxylic acids is 2. The Morgan fingerprint density at radius 2 is 1.71 bits per heavy atom. The number of carbonyl (C=O) groups is 2. The lowest BCUT2D eigenvalue weighted by Gasteiger charge is -2.33. The van der Waals surface area contributed by atoms with Gasteiger partial charge in [-0.2, -0.15) is 0 Å². The van der Waals surface area contributed by atoms with Crippen LogP contribution in [0.5, 0.6) is 0 Å². The Kier molecular flexibility index (Phi) is 8.88. The Bertz CT molecular complexity index is 1130. The zero-order valence-electron chi connectivity index (χ0n) is 20.5. The van der Waals surface area contributed by atoms with Crippen LogP contribution in [0.3, 0.4) is 0 Å². The third kappa shape index (κ3) is 7.04. The molecule has 0 aliphatic heterocycles. The van der Waals surface area contributed by atoms with Gasteiger partial charge in [-0.15, -0.1) is 0 Å². The van der Waals surface area contributed by atoms with Crippen molar-refractivity contribution < 1.29 is 22.4 Å². The summed E-state index contributed by atoms with van der Waals surface area (Å²) in [4.78, 5) is 28.3. The van der Waals surface area contributed by atoms with Gasteiger partial charge in [0, 0.05) is 12.6 Å². The van der Waals surface area contributed by atoms with Gasteiger partial charge in [-0.3, -0.25) is 13.9 Å². The molecule has 0 saturated heterocycles. The van der Waals surface area contributed by atoms with Crippen molar-refractivity contribution >= 4 is 27.5 Å². The molecule has 0 heterocycles. The Balaban J connectivity index is 1.92. The number of aryl methyl sites for hydroxylation is 1. The average Bonchev–Trinajstić information content (AvgIpc) is 3.31. The van der Waals surface area contributed by atoms with Crippen molar-refractivity contribution in [2.75, 3.05) is 17.1 Å². The number of nitrogens with zero attached hydrogens (tertiary/aromatic N) is 2. The summed E-state index contributed by atoms with van der Waals surface area (Å²) in [5.41, 5.74) is 1.66. The van der Waals surface area contributed by atoms with Gasteiger partial charge in [0.2, 0.25) is 21.8 Å². The molecule has 0 spiro atoms. The number of rotatable bonds is 10. The summed E-state index contributed by atoms with van der Waals surface area (Å²) >= 11 is 0. The number of para-hydroxylation sites is 1. The number of benzene rings is 2. The number of amides is 2. The number of sulfonamides is 1. The molecule has 9 heteroatoms. The summed E-state index contributed by atoms with van der Waals surface area (Å²) in [7, 11) is -3.97. The zero-order chi connectivity index (χ0) is 25.6. The summed E-state index contributed by atoms with van der Waals surface area (Å²) in [6.45, 7) is 3.29. The van der Waals surface area contributed by atoms with Gasteiger partial charge < -0.3 is 10.2 Å². The average molecular weight is 504 g/mol. The molecule has 1 aliphatic rings. The summed E-state index contributed by atoms with van der Waals surface area (Å²) in [5.74, 6) is -1.58. The monoisotopic (exact) mass is 503 g/mol. The molecule has 7 nitrogen and oxygen atoms in total. The second-order valence-electron chi connectivity index (χ2n) is 9.14. The van der Waals surface area contributed by atoms with Gasteiger partial charge in [-0.1, -0.05) is 61.7 Å². The summed E-state index contributed by atoms with van der Waals surface area (Å²) in [6.07, 6.45) is 5.21. The fourth-order valence-corrected chi connectivity index (χ4v) is 5.28. The second kappa shape index (κ2) is 11.7. The van der Waals surface area contributed by atoms with Crippen LogP contribution in [0.25, 0.3) is 0 Å². The molecule has 0 aromatic heterocycles. The number of anilines is 1. The maximum atomic E-state index is 14.5. The van der Waals surface area contributed by atoms with Gasteiger partial charge in [0.15, 0.2) is 0 Å². The van der Waals surface area contributed by atoms with Crippen molar-refractivity contribution in [1.82, 2.24) is 10.2 Å². The van der Waals surface area contributed by atoms with E-state index in [1.54, 1.807) is 0 Å². The van der Waals surface area contributed by atoms with Crippen molar-refractivity contribution in [3.63, 3.8) is 0 Å². The first-order chi connectivity index (χ1) is 16.6. The lowest BCUT2D eigenvalue weighted by molar-refractivity contribution is -0.140. The quantitative estimate of drug-likeness (QED) is 0.535. The van der Waals surface area contributed by atoms with Gasteiger partial charge in [0.25, 0.3) is 0 Å². The van der Waals surface area contributed by atoms with Crippen molar-refractivity contribution in [2.24, 2.45) is 0 Å². The van der Waals surface area contributed by atoms with Crippen molar-refractivity contribution in [2.45, 2.75) is 64.6 Å². The standard InChI is InChI=1S/C26H34FN3O4S/c1-4-23(26(32)28-21-9-5-6-10-21)29(17-20-15-13-19(2)14-16-20)25(31)18-30(35(3,33)34)24-12-8-7-11-22(24)27/h7-8,11-16,21,23H,4-6,9-10,17-18H2,1-3H3,(H,28,32)/t23-/m1/s1. The van der Waals surface area contributed by atoms with E-state index in [9.17, 15) is 22.4 Å². The maximum Gasteiger partial charge on any atom is 0.244 e. The van der Waals surface area contributed by atoms with Crippen LogP contribution in [0.15, 0.2) is 48.5 Å². The van der Waals surface area contributed by atoms with Crippen molar-refractivity contribution in [1.29, 1.82) is 0 Å². The van der Waals surface area contributed by atoms with E-state index in [1.165, 1.54) is 23.1 Å². The topological polar surface area (TPSA) is 86.8 Å². The Morgan fingerprint density at radius 1 is 1.09 bits per heavy atom. The molecule has 2 aromatic carbocycles. The smallest absolute Gasteiger partial charge is 0.244 e. The minimum Gasteiger partial charge on any atom is -0.352 e. The highest BCUT2D eigenvalue weighted by Crippen LogP contribution is 2.23. The third-order valence-corrected chi connectivity index (χ3v) is 7.49. The molecule has 1 aliphatic carbocycles. The first kappa shape index (κ1) is 26.7. The molecule has 35 heavy (non-hydrogen) atoms. The summed E-state index contributed by atoms with van der Waals surface area (Å²) in [6, 6.07) is 12.3. The molecule has 1 atom stereocenters. The fraction of sp³-hybridized carbons (Fsp3) is 0.462. The highest BCUT2D eigenvalue weighted by atomic mass is 32.2. The lowest BCUT2D eigenvalue weighted by atomic mass is 10.1. The molecule has 1 saturated carbocycles. The summed E-state index contributed by atoms with van der Waals surface area (Å²) < 4.78 is 40.4. The first-order valence-corrected chi connectivity index (χ1v) is 13.8. The lowest BCUT2D eigenvalue weighted by Crippen LogP contribution is -2.53. The molecule has 2 aromatic rings. The van der Waals surface area contributed by atoms with Gasteiger partial charge in [-0.05, 0) is 43.9 Å². The molecule has 0 radical (unpaired) electrons. The zero-order valence-corrected chi connectivity index (χ0v) is 21.4. The summed E-state index contributed by atoms with van der Waals surface area (Å²) in [5, 5.41) is 3.06. The molecule has 3 rings (SSSR count). The molecule has 0 unspecified atom stereocenters. The van der Waals surface area contributed by atoms with Gasteiger partial charge in [0.05, 0.1) is 11.9 Å². The number of hydrogen-bond acceptors (Lipinski definition) is 4. The molecule has 190 valence electrons. The van der Waals surface area contributed by atoms with Gasteiger partial charge >= 0.3 is 0 Å². The highest BCUT2D eigenvalue weighted by Gasteiger charge is 2.33. The number of halogens is 1. The molecule has 1 fully saturated rings. The Morgan fingerprint density at radius 3 is 2.29 bits per heavy atom. The maximum absolute atomic E-state index is 14.5. The second-order valence-corrected chi connectivity index (χ2v) is 11.0. The van der Waals surface area contributed by atoms with Crippen molar-refractivity contribution in [3.8, 4) is 0 Å². The van der Waals surface area contributed by atoms with Crippen LogP contribution in [-0.2, 0) is 26.2 Å². The van der Waals surface area contributed by atoms with Gasteiger partial charge in [-0.25, -0.2) is 12.8 Å². The number of hydrogen-bond donors (Lipinski definition) is 1. The SMILES string of the molecule is CC[C@H](C(=O)NC1CCCC1)N(Cc1ccc(C)cc1)C(=O)CN(c1ccccc1F)S(C)(=O)=O. The molecule has 1 N–H and O–H groups in total. The third-order valence-electron chi connectivity index (χ3n) is 6.36. The van der Waals surface area contributed by atoms with Crippen LogP contribution in [0.4, 0.5) is 10.1 Å². The van der Waals surface area contributed by atoms with Crippen molar-refractivity contribution in [3.05, 3.63) is 65.5 Å². The minimum atomic E-state index is -3.97. The molecule has 0 bridgehead atoms. The van der Waals surface area contributed by atoms with Crippen LogP contribution >= 0.6 is 0 Å². The minimum absolute atomic E-state index is 0.0822. The van der Waals surface area contributed by atoms with Gasteiger partial charge in [0.1, 0.15) is 18.4 Å². The van der Waals surface area contributed by atoms with Crippen LogP contribution in [0.2, 0.25) is 0 Å². The van der Waals surface area contributed by atoms with E-state index in [0.717, 1.165) is 53.4 Å². The van der Waals surface area contributed by atoms with E-state index >= 15 is 0 Å². The Labute approximate surface area is 207 Å². The Hall–Kier alpha value is -2.94.